The molecule has 2 rings (SSSR count). The Kier molecular flexibility index (Phi) is 6.20. The molecule has 2 N–H and O–H groups in total. The molecule has 1 atom stereocenters. The molecule has 5 heteroatoms. The predicted molar refractivity (Wildman–Crippen MR) is 90.0 cm³/mol. The van der Waals surface area contributed by atoms with Crippen LogP contribution in [0.15, 0.2) is 40.9 Å². The first-order chi connectivity index (χ1) is 11.0. The summed E-state index contributed by atoms with van der Waals surface area (Å²) in [6, 6.07) is 12.0. The Hall–Kier alpha value is -2.30. The van der Waals surface area contributed by atoms with E-state index in [1.165, 1.54) is 5.56 Å². The van der Waals surface area contributed by atoms with Gasteiger partial charge in [0.25, 0.3) is 0 Å². The first-order valence-electron chi connectivity index (χ1n) is 8.02. The van der Waals surface area contributed by atoms with Crippen LogP contribution in [0.5, 0.6) is 0 Å². The maximum atomic E-state index is 11.9. The standard InChI is InChI=1S/C18H25N3O2/c1-13(2)16(10-15-7-5-4-6-8-15)11-19-18(22)20-12-17-9-14(3)21-23-17/h4-9,13,16H,10-12H2,1-3H3,(H2,19,20,22). The number of hydrogen-bond acceptors (Lipinski definition) is 3. The molecule has 1 aromatic carbocycles. The smallest absolute Gasteiger partial charge is 0.315 e. The minimum Gasteiger partial charge on any atom is -0.359 e. The number of nitrogens with one attached hydrogen (secondary N) is 2. The third-order valence-corrected chi connectivity index (χ3v) is 3.91. The van der Waals surface area contributed by atoms with Crippen molar-refractivity contribution in [3.05, 3.63) is 53.4 Å². The van der Waals surface area contributed by atoms with Crippen molar-refractivity contribution in [2.75, 3.05) is 6.54 Å². The molecule has 2 amide bonds. The van der Waals surface area contributed by atoms with Crippen molar-refractivity contribution >= 4 is 6.03 Å². The molecule has 0 aliphatic carbocycles. The summed E-state index contributed by atoms with van der Waals surface area (Å²) < 4.78 is 5.07. The SMILES string of the molecule is Cc1cc(CNC(=O)NCC(Cc2ccccc2)C(C)C)on1. The van der Waals surface area contributed by atoms with E-state index in [1.54, 1.807) is 0 Å². The molecular weight excluding hydrogens is 290 g/mol. The predicted octanol–water partition coefficient (Wildman–Crippen LogP) is 3.30. The Morgan fingerprint density at radius 2 is 1.96 bits per heavy atom. The maximum Gasteiger partial charge on any atom is 0.315 e. The van der Waals surface area contributed by atoms with Gasteiger partial charge in [0.1, 0.15) is 0 Å². The number of urea groups is 1. The van der Waals surface area contributed by atoms with Gasteiger partial charge in [-0.1, -0.05) is 49.3 Å². The van der Waals surface area contributed by atoms with Gasteiger partial charge in [-0.15, -0.1) is 0 Å². The second-order valence-electron chi connectivity index (χ2n) is 6.19. The third-order valence-electron chi connectivity index (χ3n) is 3.91. The number of carbonyl (C=O) groups is 1. The molecule has 0 fully saturated rings. The molecule has 0 bridgehead atoms. The summed E-state index contributed by atoms with van der Waals surface area (Å²) in [6.45, 7) is 7.21. The number of benzene rings is 1. The van der Waals surface area contributed by atoms with Crippen LogP contribution in [0, 0.1) is 18.8 Å². The average molecular weight is 315 g/mol. The van der Waals surface area contributed by atoms with Crippen LogP contribution in [0.2, 0.25) is 0 Å². The van der Waals surface area contributed by atoms with E-state index in [2.05, 4.69) is 41.8 Å². The molecule has 0 aliphatic rings. The zero-order valence-electron chi connectivity index (χ0n) is 14.0. The maximum absolute atomic E-state index is 11.9. The van der Waals surface area contributed by atoms with Crippen LogP contribution in [0.3, 0.4) is 0 Å². The lowest BCUT2D eigenvalue weighted by Gasteiger charge is -2.21. The van der Waals surface area contributed by atoms with Gasteiger partial charge in [0.05, 0.1) is 12.2 Å². The van der Waals surface area contributed by atoms with E-state index in [0.717, 1.165) is 12.1 Å². The van der Waals surface area contributed by atoms with Crippen LogP contribution in [-0.4, -0.2) is 17.7 Å². The second-order valence-corrected chi connectivity index (χ2v) is 6.19. The number of aromatic nitrogens is 1. The number of rotatable bonds is 7. The van der Waals surface area contributed by atoms with E-state index in [-0.39, 0.29) is 6.03 Å². The van der Waals surface area contributed by atoms with Crippen LogP contribution in [0.4, 0.5) is 4.79 Å². The molecule has 1 aromatic heterocycles. The fourth-order valence-electron chi connectivity index (χ4n) is 2.41. The van der Waals surface area contributed by atoms with Gasteiger partial charge in [-0.05, 0) is 30.7 Å². The fraction of sp³-hybridized carbons (Fsp3) is 0.444. The third kappa shape index (κ3) is 5.77. The molecule has 2 aromatic rings. The van der Waals surface area contributed by atoms with Gasteiger partial charge in [-0.25, -0.2) is 4.79 Å². The van der Waals surface area contributed by atoms with E-state index in [1.807, 2.05) is 31.2 Å². The molecule has 0 saturated carbocycles. The van der Waals surface area contributed by atoms with Gasteiger partial charge < -0.3 is 15.2 Å². The van der Waals surface area contributed by atoms with Crippen LogP contribution >= 0.6 is 0 Å². The van der Waals surface area contributed by atoms with E-state index in [0.29, 0.717) is 30.7 Å². The van der Waals surface area contributed by atoms with Crippen molar-refractivity contribution in [1.29, 1.82) is 0 Å². The van der Waals surface area contributed by atoms with Crippen molar-refractivity contribution in [1.82, 2.24) is 15.8 Å². The van der Waals surface area contributed by atoms with Crippen LogP contribution in [0.1, 0.15) is 30.9 Å². The number of hydrogen-bond donors (Lipinski definition) is 2. The summed E-state index contributed by atoms with van der Waals surface area (Å²) >= 11 is 0. The normalized spacial score (nSPS) is 12.2. The summed E-state index contributed by atoms with van der Waals surface area (Å²) in [5.74, 6) is 1.55. The molecule has 5 nitrogen and oxygen atoms in total. The summed E-state index contributed by atoms with van der Waals surface area (Å²) in [6.07, 6.45) is 0.958. The van der Waals surface area contributed by atoms with Gasteiger partial charge in [-0.3, -0.25) is 0 Å². The number of carbonyl (C=O) groups excluding carboxylic acids is 1. The molecule has 0 aliphatic heterocycles. The highest BCUT2D eigenvalue weighted by atomic mass is 16.5. The lowest BCUT2D eigenvalue weighted by atomic mass is 9.89. The summed E-state index contributed by atoms with van der Waals surface area (Å²) in [5, 5.41) is 9.53. The molecule has 1 heterocycles. The lowest BCUT2D eigenvalue weighted by Crippen LogP contribution is -2.39. The Morgan fingerprint density at radius 1 is 1.22 bits per heavy atom. The van der Waals surface area contributed by atoms with Gasteiger partial charge >= 0.3 is 6.03 Å². The quantitative estimate of drug-likeness (QED) is 0.824. The van der Waals surface area contributed by atoms with Crippen molar-refractivity contribution < 1.29 is 9.32 Å². The largest absolute Gasteiger partial charge is 0.359 e. The monoisotopic (exact) mass is 315 g/mol. The summed E-state index contributed by atoms with van der Waals surface area (Å²) in [5.41, 5.74) is 2.11. The van der Waals surface area contributed by atoms with E-state index >= 15 is 0 Å². The number of aryl methyl sites for hydroxylation is 1. The number of nitrogens with zero attached hydrogens (tertiary/aromatic N) is 1. The first kappa shape index (κ1) is 17.1. The zero-order valence-corrected chi connectivity index (χ0v) is 14.0. The molecule has 0 spiro atoms. The summed E-state index contributed by atoms with van der Waals surface area (Å²) in [7, 11) is 0. The van der Waals surface area contributed by atoms with Crippen molar-refractivity contribution in [3.63, 3.8) is 0 Å². The fourth-order valence-corrected chi connectivity index (χ4v) is 2.41. The zero-order chi connectivity index (χ0) is 16.7. The number of amides is 2. The minimum atomic E-state index is -0.183. The highest BCUT2D eigenvalue weighted by Crippen LogP contribution is 2.16. The summed E-state index contributed by atoms with van der Waals surface area (Å²) in [4.78, 5) is 11.9. The first-order valence-corrected chi connectivity index (χ1v) is 8.02. The average Bonchev–Trinajstić information content (AvgIpc) is 2.95. The van der Waals surface area contributed by atoms with E-state index in [4.69, 9.17) is 4.52 Å². The molecule has 124 valence electrons. The van der Waals surface area contributed by atoms with E-state index < -0.39 is 0 Å². The van der Waals surface area contributed by atoms with Crippen LogP contribution in [0.25, 0.3) is 0 Å². The molecular formula is C18H25N3O2. The highest BCUT2D eigenvalue weighted by Gasteiger charge is 2.15. The minimum absolute atomic E-state index is 0.183. The van der Waals surface area contributed by atoms with Crippen LogP contribution in [-0.2, 0) is 13.0 Å². The Balaban J connectivity index is 1.77. The van der Waals surface area contributed by atoms with E-state index in [9.17, 15) is 4.79 Å². The highest BCUT2D eigenvalue weighted by molar-refractivity contribution is 5.73. The van der Waals surface area contributed by atoms with Crippen molar-refractivity contribution in [2.45, 2.75) is 33.7 Å². The molecule has 1 unspecified atom stereocenters. The van der Waals surface area contributed by atoms with Crippen LogP contribution < -0.4 is 10.6 Å². The lowest BCUT2D eigenvalue weighted by molar-refractivity contribution is 0.234. The molecule has 0 saturated heterocycles. The van der Waals surface area contributed by atoms with Crippen molar-refractivity contribution in [2.24, 2.45) is 11.8 Å². The molecule has 23 heavy (non-hydrogen) atoms. The van der Waals surface area contributed by atoms with Gasteiger partial charge in [0.15, 0.2) is 5.76 Å². The second kappa shape index (κ2) is 8.36. The Bertz CT molecular complexity index is 608. The van der Waals surface area contributed by atoms with Gasteiger partial charge in [0, 0.05) is 12.6 Å². The Labute approximate surface area is 137 Å². The van der Waals surface area contributed by atoms with Gasteiger partial charge in [-0.2, -0.15) is 0 Å². The van der Waals surface area contributed by atoms with Gasteiger partial charge in [0.2, 0.25) is 0 Å². The van der Waals surface area contributed by atoms with Crippen molar-refractivity contribution in [3.8, 4) is 0 Å². The molecule has 0 radical (unpaired) electrons. The topological polar surface area (TPSA) is 67.2 Å². The Morgan fingerprint density at radius 3 is 2.57 bits per heavy atom.